The lowest BCUT2D eigenvalue weighted by atomic mass is 9.80. The third kappa shape index (κ3) is 4.17. The normalized spacial score (nSPS) is 14.3. The molecule has 0 aromatic heterocycles. The van der Waals surface area contributed by atoms with Gasteiger partial charge in [-0.1, -0.05) is 49.4 Å². The second kappa shape index (κ2) is 7.50. The van der Waals surface area contributed by atoms with Crippen LogP contribution in [0.2, 0.25) is 0 Å². The van der Waals surface area contributed by atoms with Crippen LogP contribution in [0, 0.1) is 0 Å². The first-order chi connectivity index (χ1) is 11.7. The van der Waals surface area contributed by atoms with Gasteiger partial charge in [0.05, 0.1) is 10.4 Å². The quantitative estimate of drug-likeness (QED) is 0.712. The molecule has 0 aliphatic rings. The second-order valence-electron chi connectivity index (χ2n) is 6.57. The monoisotopic (exact) mass is 359 g/mol. The molecule has 0 fully saturated rings. The highest BCUT2D eigenvalue weighted by Crippen LogP contribution is 2.28. The Kier molecular flexibility index (Phi) is 5.80. The number of hydrogen-bond donors (Lipinski definition) is 0. The summed E-state index contributed by atoms with van der Waals surface area (Å²) in [6.07, 6.45) is 2.42. The van der Waals surface area contributed by atoms with Crippen molar-refractivity contribution in [3.05, 3.63) is 65.7 Å². The number of rotatable bonds is 7. The summed E-state index contributed by atoms with van der Waals surface area (Å²) in [5, 5.41) is 0. The maximum atomic E-state index is 13.3. The zero-order valence-corrected chi connectivity index (χ0v) is 16.0. The van der Waals surface area contributed by atoms with Gasteiger partial charge in [0.1, 0.15) is 0 Å². The van der Waals surface area contributed by atoms with Gasteiger partial charge in [-0.05, 0) is 44.6 Å². The molecule has 25 heavy (non-hydrogen) atoms. The minimum absolute atomic E-state index is 0.00361. The van der Waals surface area contributed by atoms with Crippen LogP contribution < -0.4 is 0 Å². The molecule has 4 nitrogen and oxygen atoms in total. The molecular weight excluding hydrogens is 334 g/mol. The van der Waals surface area contributed by atoms with Crippen LogP contribution in [0.5, 0.6) is 0 Å². The SMILES string of the molecule is CCC(Cc1ccccc1)(C(=O)c1ccc(S(C)(=O)=O)cc1)N(C)C. The van der Waals surface area contributed by atoms with E-state index < -0.39 is 15.4 Å². The average molecular weight is 359 g/mol. The Bertz CT molecular complexity index is 827. The van der Waals surface area contributed by atoms with E-state index in [9.17, 15) is 13.2 Å². The molecule has 0 radical (unpaired) electrons. The van der Waals surface area contributed by atoms with Gasteiger partial charge in [0.2, 0.25) is 0 Å². The van der Waals surface area contributed by atoms with E-state index in [1.54, 1.807) is 12.1 Å². The number of carbonyl (C=O) groups excluding carboxylic acids is 1. The van der Waals surface area contributed by atoms with E-state index in [1.165, 1.54) is 12.1 Å². The van der Waals surface area contributed by atoms with Crippen LogP contribution in [0.15, 0.2) is 59.5 Å². The predicted octanol–water partition coefficient (Wildman–Crippen LogP) is 3.23. The average Bonchev–Trinajstić information content (AvgIpc) is 2.59. The van der Waals surface area contributed by atoms with E-state index in [1.807, 2.05) is 56.3 Å². The van der Waals surface area contributed by atoms with Gasteiger partial charge in [0.15, 0.2) is 15.6 Å². The molecule has 0 saturated heterocycles. The zero-order valence-electron chi connectivity index (χ0n) is 15.2. The van der Waals surface area contributed by atoms with Gasteiger partial charge in [-0.15, -0.1) is 0 Å². The molecule has 2 aromatic rings. The summed E-state index contributed by atoms with van der Waals surface area (Å²) >= 11 is 0. The van der Waals surface area contributed by atoms with E-state index >= 15 is 0 Å². The van der Waals surface area contributed by atoms with Crippen molar-refractivity contribution in [3.63, 3.8) is 0 Å². The minimum Gasteiger partial charge on any atom is -0.297 e. The lowest BCUT2D eigenvalue weighted by Gasteiger charge is -2.38. The number of sulfone groups is 1. The van der Waals surface area contributed by atoms with Crippen molar-refractivity contribution in [2.75, 3.05) is 20.4 Å². The molecular formula is C20H25NO3S. The Morgan fingerprint density at radius 3 is 2.00 bits per heavy atom. The van der Waals surface area contributed by atoms with Crippen LogP contribution in [-0.2, 0) is 16.3 Å². The number of benzene rings is 2. The van der Waals surface area contributed by atoms with E-state index in [4.69, 9.17) is 0 Å². The molecule has 1 atom stereocenters. The molecule has 0 spiro atoms. The van der Waals surface area contributed by atoms with Crippen molar-refractivity contribution < 1.29 is 13.2 Å². The number of ketones is 1. The predicted molar refractivity (Wildman–Crippen MR) is 101 cm³/mol. The van der Waals surface area contributed by atoms with Crippen molar-refractivity contribution in [2.45, 2.75) is 30.2 Å². The lowest BCUT2D eigenvalue weighted by molar-refractivity contribution is 0.0666. The first-order valence-corrected chi connectivity index (χ1v) is 10.2. The third-order valence-corrected chi connectivity index (χ3v) is 5.88. The Balaban J connectivity index is 2.42. The Labute approximate surface area is 150 Å². The molecule has 2 rings (SSSR count). The van der Waals surface area contributed by atoms with Crippen molar-refractivity contribution >= 4 is 15.6 Å². The van der Waals surface area contributed by atoms with Gasteiger partial charge < -0.3 is 0 Å². The second-order valence-corrected chi connectivity index (χ2v) is 8.58. The Morgan fingerprint density at radius 1 is 1.00 bits per heavy atom. The van der Waals surface area contributed by atoms with E-state index in [-0.39, 0.29) is 10.7 Å². The smallest absolute Gasteiger partial charge is 0.183 e. The van der Waals surface area contributed by atoms with Crippen molar-refractivity contribution in [1.82, 2.24) is 4.90 Å². The van der Waals surface area contributed by atoms with Crippen molar-refractivity contribution in [2.24, 2.45) is 0 Å². The fourth-order valence-electron chi connectivity index (χ4n) is 3.10. The van der Waals surface area contributed by atoms with Crippen LogP contribution in [-0.4, -0.2) is 45.0 Å². The van der Waals surface area contributed by atoms with E-state index in [0.717, 1.165) is 11.8 Å². The summed E-state index contributed by atoms with van der Waals surface area (Å²) in [5.74, 6) is 0.00361. The molecule has 1 unspecified atom stereocenters. The van der Waals surface area contributed by atoms with Gasteiger partial charge in [-0.25, -0.2) is 8.42 Å². The highest BCUT2D eigenvalue weighted by Gasteiger charge is 2.39. The fourth-order valence-corrected chi connectivity index (χ4v) is 3.73. The van der Waals surface area contributed by atoms with Crippen LogP contribution in [0.3, 0.4) is 0 Å². The molecule has 0 amide bonds. The van der Waals surface area contributed by atoms with Crippen LogP contribution >= 0.6 is 0 Å². The molecule has 0 aliphatic carbocycles. The number of carbonyl (C=O) groups is 1. The van der Waals surface area contributed by atoms with Gasteiger partial charge in [0, 0.05) is 11.8 Å². The highest BCUT2D eigenvalue weighted by molar-refractivity contribution is 7.90. The topological polar surface area (TPSA) is 54.5 Å². The van der Waals surface area contributed by atoms with Gasteiger partial charge in [-0.2, -0.15) is 0 Å². The van der Waals surface area contributed by atoms with E-state index in [2.05, 4.69) is 0 Å². The van der Waals surface area contributed by atoms with Gasteiger partial charge >= 0.3 is 0 Å². The number of hydrogen-bond acceptors (Lipinski definition) is 4. The summed E-state index contributed by atoms with van der Waals surface area (Å²) in [6, 6.07) is 16.2. The molecule has 0 N–H and O–H groups in total. The zero-order chi connectivity index (χ0) is 18.7. The number of nitrogens with zero attached hydrogens (tertiary/aromatic N) is 1. The minimum atomic E-state index is -3.27. The molecule has 134 valence electrons. The van der Waals surface area contributed by atoms with Crippen molar-refractivity contribution in [1.29, 1.82) is 0 Å². The molecule has 0 saturated carbocycles. The summed E-state index contributed by atoms with van der Waals surface area (Å²) in [4.78, 5) is 15.5. The van der Waals surface area contributed by atoms with E-state index in [0.29, 0.717) is 18.4 Å². The summed E-state index contributed by atoms with van der Waals surface area (Å²) in [6.45, 7) is 2.01. The Morgan fingerprint density at radius 2 is 1.56 bits per heavy atom. The molecule has 0 bridgehead atoms. The Hall–Kier alpha value is -1.98. The van der Waals surface area contributed by atoms with Crippen LogP contribution in [0.4, 0.5) is 0 Å². The molecule has 5 heteroatoms. The standard InChI is InChI=1S/C20H25NO3S/c1-5-20(21(2)3,15-16-9-7-6-8-10-16)19(22)17-11-13-18(14-12-17)25(4,23)24/h6-14H,5,15H2,1-4H3. The largest absolute Gasteiger partial charge is 0.297 e. The van der Waals surface area contributed by atoms with Gasteiger partial charge in [-0.3, -0.25) is 9.69 Å². The first kappa shape index (κ1) is 19.3. The van der Waals surface area contributed by atoms with Gasteiger partial charge in [0.25, 0.3) is 0 Å². The first-order valence-electron chi connectivity index (χ1n) is 8.27. The maximum absolute atomic E-state index is 13.3. The fraction of sp³-hybridized carbons (Fsp3) is 0.350. The summed E-state index contributed by atoms with van der Waals surface area (Å²) in [7, 11) is 0.551. The highest BCUT2D eigenvalue weighted by atomic mass is 32.2. The van der Waals surface area contributed by atoms with Crippen LogP contribution in [0.1, 0.15) is 29.3 Å². The lowest BCUT2D eigenvalue weighted by Crippen LogP contribution is -2.52. The van der Waals surface area contributed by atoms with Crippen LogP contribution in [0.25, 0.3) is 0 Å². The summed E-state index contributed by atoms with van der Waals surface area (Å²) < 4.78 is 23.2. The number of likely N-dealkylation sites (N-methyl/N-ethyl adjacent to an activating group) is 1. The molecule has 0 aliphatic heterocycles. The molecule has 2 aromatic carbocycles. The third-order valence-electron chi connectivity index (χ3n) is 4.75. The number of Topliss-reactive ketones (excluding diaryl/α,β-unsaturated/α-hetero) is 1. The maximum Gasteiger partial charge on any atom is 0.183 e. The van der Waals surface area contributed by atoms with Crippen molar-refractivity contribution in [3.8, 4) is 0 Å². The summed E-state index contributed by atoms with van der Waals surface area (Å²) in [5.41, 5.74) is 0.951. The molecule has 0 heterocycles.